The number of pyridine rings is 1. The van der Waals surface area contributed by atoms with E-state index < -0.39 is 11.2 Å². The molecular weight excluding hydrogens is 361 g/mol. The van der Waals surface area contributed by atoms with E-state index in [4.69, 9.17) is 4.74 Å². The summed E-state index contributed by atoms with van der Waals surface area (Å²) < 4.78 is 19.6. The Bertz CT molecular complexity index is 804. The lowest BCUT2D eigenvalue weighted by molar-refractivity contribution is -0.128. The molecule has 0 aliphatic rings. The molecule has 1 heterocycles. The fourth-order valence-corrected chi connectivity index (χ4v) is 2.28. The molecule has 2 rings (SSSR count). The Morgan fingerprint density at radius 1 is 1.18 bits per heavy atom. The molecule has 7 heteroatoms. The molecule has 0 unspecified atom stereocenters. The molecule has 0 fully saturated rings. The van der Waals surface area contributed by atoms with Crippen molar-refractivity contribution in [3.63, 3.8) is 0 Å². The van der Waals surface area contributed by atoms with Crippen LogP contribution in [0.2, 0.25) is 0 Å². The molecule has 28 heavy (non-hydrogen) atoms. The van der Waals surface area contributed by atoms with E-state index in [9.17, 15) is 14.0 Å². The Kier molecular flexibility index (Phi) is 7.49. The molecule has 1 aromatic heterocycles. The minimum absolute atomic E-state index is 0.0445. The van der Waals surface area contributed by atoms with Crippen LogP contribution in [0.4, 0.5) is 4.39 Å². The van der Waals surface area contributed by atoms with Gasteiger partial charge in [-0.2, -0.15) is 0 Å². The van der Waals surface area contributed by atoms with E-state index in [0.717, 1.165) is 0 Å². The summed E-state index contributed by atoms with van der Waals surface area (Å²) in [6, 6.07) is 7.93. The van der Waals surface area contributed by atoms with Gasteiger partial charge in [0.1, 0.15) is 5.75 Å². The minimum Gasteiger partial charge on any atom is -0.453 e. The van der Waals surface area contributed by atoms with Crippen LogP contribution in [-0.4, -0.2) is 23.3 Å². The van der Waals surface area contributed by atoms with Crippen molar-refractivity contribution in [2.75, 3.05) is 6.54 Å². The SMILES string of the molecule is CC(C)(C)C(=O)NCCCC(=O)NCc1ccc(Oc2cccnc2)c(F)c1. The lowest BCUT2D eigenvalue weighted by atomic mass is 9.96. The number of hydrogen-bond acceptors (Lipinski definition) is 4. The largest absolute Gasteiger partial charge is 0.453 e. The highest BCUT2D eigenvalue weighted by molar-refractivity contribution is 5.81. The summed E-state index contributed by atoms with van der Waals surface area (Å²) in [5.41, 5.74) is 0.185. The zero-order valence-corrected chi connectivity index (χ0v) is 16.4. The normalized spacial score (nSPS) is 11.0. The maximum atomic E-state index is 14.2. The van der Waals surface area contributed by atoms with Crippen molar-refractivity contribution in [3.05, 3.63) is 54.1 Å². The summed E-state index contributed by atoms with van der Waals surface area (Å²) in [7, 11) is 0. The van der Waals surface area contributed by atoms with Crippen LogP contribution in [-0.2, 0) is 16.1 Å². The Morgan fingerprint density at radius 2 is 1.96 bits per heavy atom. The molecule has 0 atom stereocenters. The highest BCUT2D eigenvalue weighted by Crippen LogP contribution is 2.24. The van der Waals surface area contributed by atoms with E-state index in [1.807, 2.05) is 20.8 Å². The quantitative estimate of drug-likeness (QED) is 0.679. The molecule has 0 saturated carbocycles. The minimum atomic E-state index is -0.513. The van der Waals surface area contributed by atoms with Crippen molar-refractivity contribution in [2.45, 2.75) is 40.2 Å². The van der Waals surface area contributed by atoms with Gasteiger partial charge in [0.25, 0.3) is 0 Å². The highest BCUT2D eigenvalue weighted by atomic mass is 19.1. The van der Waals surface area contributed by atoms with Crippen LogP contribution in [0, 0.1) is 11.2 Å². The first-order chi connectivity index (χ1) is 13.3. The molecule has 0 bridgehead atoms. The Labute approximate surface area is 164 Å². The monoisotopic (exact) mass is 387 g/mol. The summed E-state index contributed by atoms with van der Waals surface area (Å²) in [6.45, 7) is 6.17. The van der Waals surface area contributed by atoms with Crippen molar-refractivity contribution < 1.29 is 18.7 Å². The van der Waals surface area contributed by atoms with Gasteiger partial charge in [0, 0.05) is 31.1 Å². The smallest absolute Gasteiger partial charge is 0.225 e. The third kappa shape index (κ3) is 6.98. The molecule has 0 aliphatic carbocycles. The molecule has 150 valence electrons. The van der Waals surface area contributed by atoms with Crippen LogP contribution in [0.5, 0.6) is 11.5 Å². The van der Waals surface area contributed by atoms with Crippen LogP contribution in [0.1, 0.15) is 39.2 Å². The molecule has 1 aromatic carbocycles. The van der Waals surface area contributed by atoms with Gasteiger partial charge in [0.2, 0.25) is 11.8 Å². The number of aromatic nitrogens is 1. The third-order valence-electron chi connectivity index (χ3n) is 3.90. The second-order valence-electron chi connectivity index (χ2n) is 7.44. The maximum absolute atomic E-state index is 14.2. The highest BCUT2D eigenvalue weighted by Gasteiger charge is 2.20. The standard InChI is InChI=1S/C21H26FN3O3/c1-21(2,3)20(27)24-11-5-7-19(26)25-13-15-8-9-18(17(22)12-15)28-16-6-4-10-23-14-16/h4,6,8-10,12,14H,5,7,11,13H2,1-3H3,(H,24,27)(H,25,26). The topological polar surface area (TPSA) is 80.3 Å². The van der Waals surface area contributed by atoms with Crippen LogP contribution in [0.3, 0.4) is 0 Å². The zero-order valence-electron chi connectivity index (χ0n) is 16.4. The average Bonchev–Trinajstić information content (AvgIpc) is 2.65. The predicted molar refractivity (Wildman–Crippen MR) is 104 cm³/mol. The number of halogens is 1. The van der Waals surface area contributed by atoms with Crippen molar-refractivity contribution in [1.82, 2.24) is 15.6 Å². The Balaban J connectivity index is 1.74. The van der Waals surface area contributed by atoms with Crippen molar-refractivity contribution in [2.24, 2.45) is 5.41 Å². The first kappa shape index (κ1) is 21.3. The van der Waals surface area contributed by atoms with Crippen molar-refractivity contribution >= 4 is 11.8 Å². The van der Waals surface area contributed by atoms with Gasteiger partial charge >= 0.3 is 0 Å². The fourth-order valence-electron chi connectivity index (χ4n) is 2.28. The number of benzene rings is 1. The number of carbonyl (C=O) groups excluding carboxylic acids is 2. The summed E-state index contributed by atoms with van der Waals surface area (Å²) in [4.78, 5) is 27.5. The fraction of sp³-hybridized carbons (Fsp3) is 0.381. The van der Waals surface area contributed by atoms with Crippen molar-refractivity contribution in [1.29, 1.82) is 0 Å². The molecule has 2 N–H and O–H groups in total. The number of ether oxygens (including phenoxy) is 1. The summed E-state index contributed by atoms with van der Waals surface area (Å²) in [5, 5.41) is 5.54. The second-order valence-corrected chi connectivity index (χ2v) is 7.44. The van der Waals surface area contributed by atoms with E-state index >= 15 is 0 Å². The lowest BCUT2D eigenvalue weighted by Crippen LogP contribution is -2.35. The van der Waals surface area contributed by atoms with Gasteiger partial charge in [-0.05, 0) is 36.2 Å². The van der Waals surface area contributed by atoms with Gasteiger partial charge < -0.3 is 15.4 Å². The van der Waals surface area contributed by atoms with E-state index in [1.165, 1.54) is 18.3 Å². The molecule has 0 radical (unpaired) electrons. The number of nitrogens with zero attached hydrogens (tertiary/aromatic N) is 1. The molecule has 6 nitrogen and oxygen atoms in total. The number of nitrogens with one attached hydrogen (secondary N) is 2. The molecule has 0 aliphatic heterocycles. The zero-order chi connectivity index (χ0) is 20.6. The molecule has 2 aromatic rings. The van der Waals surface area contributed by atoms with Gasteiger partial charge in [-0.25, -0.2) is 4.39 Å². The van der Waals surface area contributed by atoms with Crippen LogP contribution in [0.25, 0.3) is 0 Å². The number of rotatable bonds is 8. The van der Waals surface area contributed by atoms with E-state index in [-0.39, 0.29) is 30.5 Å². The number of amides is 2. The van der Waals surface area contributed by atoms with E-state index in [1.54, 1.807) is 24.4 Å². The van der Waals surface area contributed by atoms with Gasteiger partial charge in [0.05, 0.1) is 6.20 Å². The Morgan fingerprint density at radius 3 is 2.61 bits per heavy atom. The average molecular weight is 387 g/mol. The van der Waals surface area contributed by atoms with Crippen LogP contribution >= 0.6 is 0 Å². The van der Waals surface area contributed by atoms with E-state index in [0.29, 0.717) is 24.3 Å². The van der Waals surface area contributed by atoms with Crippen LogP contribution in [0.15, 0.2) is 42.7 Å². The summed E-state index contributed by atoms with van der Waals surface area (Å²) in [5.74, 6) is -0.169. The molecule has 0 saturated heterocycles. The predicted octanol–water partition coefficient (Wildman–Crippen LogP) is 3.57. The summed E-state index contributed by atoms with van der Waals surface area (Å²) >= 11 is 0. The van der Waals surface area contributed by atoms with Crippen LogP contribution < -0.4 is 15.4 Å². The second kappa shape index (κ2) is 9.82. The summed E-state index contributed by atoms with van der Waals surface area (Å²) in [6.07, 6.45) is 3.93. The number of carbonyl (C=O) groups is 2. The molecule has 0 spiro atoms. The third-order valence-corrected chi connectivity index (χ3v) is 3.90. The molecule has 2 amide bonds. The number of hydrogen-bond donors (Lipinski definition) is 2. The lowest BCUT2D eigenvalue weighted by Gasteiger charge is -2.17. The first-order valence-corrected chi connectivity index (χ1v) is 9.17. The first-order valence-electron chi connectivity index (χ1n) is 9.17. The molecular formula is C21H26FN3O3. The van der Waals surface area contributed by atoms with Crippen molar-refractivity contribution in [3.8, 4) is 11.5 Å². The van der Waals surface area contributed by atoms with Gasteiger partial charge in [-0.15, -0.1) is 0 Å². The van der Waals surface area contributed by atoms with Gasteiger partial charge in [0.15, 0.2) is 11.6 Å². The van der Waals surface area contributed by atoms with Gasteiger partial charge in [-0.3, -0.25) is 14.6 Å². The van der Waals surface area contributed by atoms with Gasteiger partial charge in [-0.1, -0.05) is 26.8 Å². The Hall–Kier alpha value is -2.96. The van der Waals surface area contributed by atoms with E-state index in [2.05, 4.69) is 15.6 Å². The maximum Gasteiger partial charge on any atom is 0.225 e.